The Bertz CT molecular complexity index is 1060. The van der Waals surface area contributed by atoms with Crippen molar-refractivity contribution in [2.24, 2.45) is 5.92 Å². The van der Waals surface area contributed by atoms with Gasteiger partial charge in [0.05, 0.1) is 11.6 Å². The van der Waals surface area contributed by atoms with Crippen molar-refractivity contribution in [3.8, 4) is 11.5 Å². The second kappa shape index (κ2) is 8.72. The van der Waals surface area contributed by atoms with Crippen LogP contribution in [0.4, 0.5) is 10.1 Å². The normalized spacial score (nSPS) is 18.6. The highest BCUT2D eigenvalue weighted by Crippen LogP contribution is 2.32. The number of hydrogen-bond acceptors (Lipinski definition) is 5. The molecule has 10 heteroatoms. The number of ether oxygens (including phenoxy) is 2. The van der Waals surface area contributed by atoms with Crippen LogP contribution in [0.3, 0.4) is 0 Å². The number of halogens is 1. The highest BCUT2D eigenvalue weighted by atomic mass is 32.2. The number of amides is 1. The fourth-order valence-corrected chi connectivity index (χ4v) is 5.17. The zero-order chi connectivity index (χ0) is 22.0. The molecule has 0 saturated carbocycles. The number of carbonyl (C=O) groups excluding carboxylic acids is 1. The maximum absolute atomic E-state index is 13.2. The number of rotatable bonds is 6. The van der Waals surface area contributed by atoms with Crippen LogP contribution in [-0.4, -0.2) is 45.6 Å². The van der Waals surface area contributed by atoms with Gasteiger partial charge in [-0.1, -0.05) is 6.07 Å². The Morgan fingerprint density at radius 2 is 1.94 bits per heavy atom. The molecule has 2 aromatic rings. The lowest BCUT2D eigenvalue weighted by atomic mass is 9.98. The van der Waals surface area contributed by atoms with Crippen LogP contribution in [0.2, 0.25) is 0 Å². The quantitative estimate of drug-likeness (QED) is 0.731. The zero-order valence-electron chi connectivity index (χ0n) is 17.1. The van der Waals surface area contributed by atoms with E-state index in [1.165, 1.54) is 35.6 Å². The highest BCUT2D eigenvalue weighted by Gasteiger charge is 2.34. The molecule has 0 aliphatic carbocycles. The van der Waals surface area contributed by atoms with Gasteiger partial charge >= 0.3 is 10.2 Å². The van der Waals surface area contributed by atoms with Crippen molar-refractivity contribution in [2.75, 3.05) is 31.2 Å². The third-order valence-corrected chi connectivity index (χ3v) is 7.41. The third-order valence-electron chi connectivity index (χ3n) is 5.52. The molecule has 2 aliphatic heterocycles. The number of fused-ring (bicyclic) bond motifs is 1. The maximum atomic E-state index is 13.2. The molecule has 0 spiro atoms. The van der Waals surface area contributed by atoms with Gasteiger partial charge < -0.3 is 14.8 Å². The van der Waals surface area contributed by atoms with Gasteiger partial charge in [-0.05, 0) is 54.8 Å². The summed E-state index contributed by atoms with van der Waals surface area (Å²) >= 11 is 0. The fourth-order valence-electron chi connectivity index (χ4n) is 3.71. The van der Waals surface area contributed by atoms with Crippen molar-refractivity contribution < 1.29 is 27.1 Å². The number of nitrogens with zero attached hydrogens (tertiary/aromatic N) is 2. The topological polar surface area (TPSA) is 88.2 Å². The van der Waals surface area contributed by atoms with Gasteiger partial charge in [0.15, 0.2) is 11.5 Å². The number of hydrogen-bond donors (Lipinski definition) is 1. The number of piperidine rings is 1. The standard InChI is InChI=1S/C21H24FN3O5S/c1-24(18-7-5-17(22)6-8-18)31(27,28)25-10-2-3-16(13-25)21(26)23-12-15-4-9-19-20(11-15)30-14-29-19/h4-9,11,16H,2-3,10,12-14H2,1H3,(H,23,26). The summed E-state index contributed by atoms with van der Waals surface area (Å²) in [6, 6.07) is 10.7. The molecule has 1 atom stereocenters. The van der Waals surface area contributed by atoms with Gasteiger partial charge in [-0.15, -0.1) is 0 Å². The van der Waals surface area contributed by atoms with Crippen LogP contribution in [-0.2, 0) is 21.5 Å². The Balaban J connectivity index is 1.38. The van der Waals surface area contributed by atoms with E-state index in [4.69, 9.17) is 9.47 Å². The van der Waals surface area contributed by atoms with Crippen LogP contribution in [0, 0.1) is 11.7 Å². The first-order valence-corrected chi connectivity index (χ1v) is 11.4. The van der Waals surface area contributed by atoms with Crippen molar-refractivity contribution in [1.29, 1.82) is 0 Å². The van der Waals surface area contributed by atoms with Gasteiger partial charge in [-0.2, -0.15) is 12.7 Å². The lowest BCUT2D eigenvalue weighted by Crippen LogP contribution is -2.49. The van der Waals surface area contributed by atoms with Gasteiger partial charge in [0.25, 0.3) is 0 Å². The third kappa shape index (κ3) is 4.59. The molecule has 4 rings (SSSR count). The summed E-state index contributed by atoms with van der Waals surface area (Å²) in [5.41, 5.74) is 1.23. The Hall–Kier alpha value is -2.85. The minimum absolute atomic E-state index is 0.0981. The fraction of sp³-hybridized carbons (Fsp3) is 0.381. The van der Waals surface area contributed by atoms with E-state index in [2.05, 4.69) is 5.32 Å². The van der Waals surface area contributed by atoms with E-state index >= 15 is 0 Å². The summed E-state index contributed by atoms with van der Waals surface area (Å²) in [5.74, 6) is 0.242. The molecule has 2 aromatic carbocycles. The first-order valence-electron chi connectivity index (χ1n) is 10.0. The molecule has 1 unspecified atom stereocenters. The van der Waals surface area contributed by atoms with Crippen molar-refractivity contribution in [2.45, 2.75) is 19.4 Å². The molecular formula is C21H24FN3O5S. The minimum Gasteiger partial charge on any atom is -0.454 e. The molecule has 1 fully saturated rings. The van der Waals surface area contributed by atoms with Gasteiger partial charge in [-0.3, -0.25) is 9.10 Å². The highest BCUT2D eigenvalue weighted by molar-refractivity contribution is 7.90. The predicted molar refractivity (Wildman–Crippen MR) is 112 cm³/mol. The molecular weight excluding hydrogens is 425 g/mol. The Labute approximate surface area is 180 Å². The van der Waals surface area contributed by atoms with Crippen LogP contribution in [0.1, 0.15) is 18.4 Å². The van der Waals surface area contributed by atoms with Gasteiger partial charge in [-0.25, -0.2) is 4.39 Å². The Kier molecular flexibility index (Phi) is 6.01. The second-order valence-electron chi connectivity index (χ2n) is 7.55. The van der Waals surface area contributed by atoms with Gasteiger partial charge in [0.2, 0.25) is 12.7 Å². The van der Waals surface area contributed by atoms with Gasteiger partial charge in [0, 0.05) is 26.7 Å². The van der Waals surface area contributed by atoms with Crippen molar-refractivity contribution in [3.63, 3.8) is 0 Å². The molecule has 166 valence electrons. The molecule has 2 heterocycles. The largest absolute Gasteiger partial charge is 0.454 e. The van der Waals surface area contributed by atoms with E-state index in [9.17, 15) is 17.6 Å². The molecule has 1 amide bonds. The monoisotopic (exact) mass is 449 g/mol. The number of benzene rings is 2. The van der Waals surface area contributed by atoms with E-state index in [1.807, 2.05) is 12.1 Å². The Morgan fingerprint density at radius 1 is 1.19 bits per heavy atom. The van der Waals surface area contributed by atoms with E-state index in [-0.39, 0.29) is 19.2 Å². The van der Waals surface area contributed by atoms with Crippen molar-refractivity contribution >= 4 is 21.8 Å². The average Bonchev–Trinajstić information content (AvgIpc) is 3.25. The van der Waals surface area contributed by atoms with E-state index in [0.717, 1.165) is 9.87 Å². The van der Waals surface area contributed by atoms with Crippen LogP contribution < -0.4 is 19.1 Å². The minimum atomic E-state index is -3.83. The molecule has 1 saturated heterocycles. The SMILES string of the molecule is CN(c1ccc(F)cc1)S(=O)(=O)N1CCCC(C(=O)NCc2ccc3c(c2)OCO3)C1. The summed E-state index contributed by atoms with van der Waals surface area (Å²) in [6.45, 7) is 0.929. The van der Waals surface area contributed by atoms with Crippen LogP contribution in [0.5, 0.6) is 11.5 Å². The summed E-state index contributed by atoms with van der Waals surface area (Å²) in [4.78, 5) is 12.7. The predicted octanol–water partition coefficient (Wildman–Crippen LogP) is 2.26. The molecule has 2 aliphatic rings. The molecule has 8 nitrogen and oxygen atoms in total. The Morgan fingerprint density at radius 3 is 2.71 bits per heavy atom. The molecule has 31 heavy (non-hydrogen) atoms. The second-order valence-corrected chi connectivity index (χ2v) is 9.51. The smallest absolute Gasteiger partial charge is 0.303 e. The molecule has 1 N–H and O–H groups in total. The number of nitrogens with one attached hydrogen (secondary N) is 1. The van der Waals surface area contributed by atoms with Crippen molar-refractivity contribution in [1.82, 2.24) is 9.62 Å². The first kappa shape index (κ1) is 21.4. The van der Waals surface area contributed by atoms with Crippen molar-refractivity contribution in [3.05, 3.63) is 53.8 Å². The molecule has 0 radical (unpaired) electrons. The van der Waals surface area contributed by atoms with E-state index < -0.39 is 21.9 Å². The van der Waals surface area contributed by atoms with Crippen LogP contribution in [0.25, 0.3) is 0 Å². The van der Waals surface area contributed by atoms with Crippen LogP contribution in [0.15, 0.2) is 42.5 Å². The zero-order valence-corrected chi connectivity index (χ0v) is 17.9. The average molecular weight is 450 g/mol. The molecule has 0 bridgehead atoms. The van der Waals surface area contributed by atoms with E-state index in [1.54, 1.807) is 6.07 Å². The summed E-state index contributed by atoms with van der Waals surface area (Å²) in [7, 11) is -2.41. The van der Waals surface area contributed by atoms with Crippen LogP contribution >= 0.6 is 0 Å². The first-order chi connectivity index (χ1) is 14.8. The number of carbonyl (C=O) groups is 1. The summed E-state index contributed by atoms with van der Waals surface area (Å²) in [5, 5.41) is 2.89. The lowest BCUT2D eigenvalue weighted by Gasteiger charge is -2.34. The summed E-state index contributed by atoms with van der Waals surface area (Å²) in [6.07, 6.45) is 1.19. The number of anilines is 1. The summed E-state index contributed by atoms with van der Waals surface area (Å²) < 4.78 is 52.3. The van der Waals surface area contributed by atoms with E-state index in [0.29, 0.717) is 43.1 Å². The van der Waals surface area contributed by atoms with Gasteiger partial charge in [0.1, 0.15) is 5.82 Å². The maximum Gasteiger partial charge on any atom is 0.303 e. The lowest BCUT2D eigenvalue weighted by molar-refractivity contribution is -0.126. The molecule has 0 aromatic heterocycles.